The number of aryl methyl sites for hydroxylation is 3. The van der Waals surface area contributed by atoms with Crippen molar-refractivity contribution in [1.82, 2.24) is 20.1 Å². The summed E-state index contributed by atoms with van der Waals surface area (Å²) in [6.07, 6.45) is -1.87. The van der Waals surface area contributed by atoms with Crippen LogP contribution in [0.2, 0.25) is 0 Å². The van der Waals surface area contributed by atoms with Crippen LogP contribution in [-0.4, -0.2) is 50.5 Å². The van der Waals surface area contributed by atoms with Crippen LogP contribution in [0.3, 0.4) is 0 Å². The van der Waals surface area contributed by atoms with E-state index in [-0.39, 0.29) is 17.4 Å². The Morgan fingerprint density at radius 3 is 2.53 bits per heavy atom. The van der Waals surface area contributed by atoms with Crippen LogP contribution in [0, 0.1) is 13.8 Å². The number of amides is 3. The average Bonchev–Trinajstić information content (AvgIpc) is 3.59. The predicted octanol–water partition coefficient (Wildman–Crippen LogP) is 6.23. The molecule has 43 heavy (non-hydrogen) atoms. The van der Waals surface area contributed by atoms with Gasteiger partial charge < -0.3 is 10.1 Å². The summed E-state index contributed by atoms with van der Waals surface area (Å²) in [7, 11) is 0. The molecule has 5 rings (SSSR count). The van der Waals surface area contributed by atoms with Gasteiger partial charge in [-0.1, -0.05) is 48.2 Å². The van der Waals surface area contributed by atoms with E-state index in [9.17, 15) is 22.8 Å². The smallest absolute Gasteiger partial charge is 0.406 e. The van der Waals surface area contributed by atoms with Crippen LogP contribution in [-0.2, 0) is 11.2 Å². The van der Waals surface area contributed by atoms with E-state index >= 15 is 0 Å². The first-order chi connectivity index (χ1) is 20.6. The van der Waals surface area contributed by atoms with Gasteiger partial charge in [0.2, 0.25) is 5.91 Å². The number of benzene rings is 3. The summed E-state index contributed by atoms with van der Waals surface area (Å²) in [5.41, 5.74) is 5.05. The summed E-state index contributed by atoms with van der Waals surface area (Å²) >= 11 is 1.25. The Bertz CT molecular complexity index is 1650. The first kappa shape index (κ1) is 29.8. The second-order valence-corrected chi connectivity index (χ2v) is 10.7. The number of thioether (sulfide) groups is 1. The Hall–Kier alpha value is -4.65. The van der Waals surface area contributed by atoms with E-state index in [1.54, 1.807) is 0 Å². The monoisotopic (exact) mass is 608 g/mol. The van der Waals surface area contributed by atoms with Gasteiger partial charge in [-0.2, -0.15) is 4.99 Å². The minimum Gasteiger partial charge on any atom is -0.406 e. The molecule has 2 heterocycles. The number of hydrogen-bond acceptors (Lipinski definition) is 6. The Labute approximate surface area is 249 Å². The topological polar surface area (TPSA) is 102 Å². The number of nitrogens with one attached hydrogen (secondary N) is 1. The molecular formula is C30H27F3N6O3S. The number of alkyl halides is 3. The highest BCUT2D eigenvalue weighted by Crippen LogP contribution is 2.30. The Kier molecular flexibility index (Phi) is 8.81. The number of amidine groups is 1. The Morgan fingerprint density at radius 1 is 1.07 bits per heavy atom. The number of hydrogen-bond donors (Lipinski definition) is 1. The van der Waals surface area contributed by atoms with Crippen LogP contribution in [0.5, 0.6) is 5.75 Å². The number of urea groups is 1. The number of carbonyl (C=O) groups excluding carboxylic acids is 2. The van der Waals surface area contributed by atoms with Crippen LogP contribution in [0.4, 0.5) is 23.7 Å². The maximum Gasteiger partial charge on any atom is 0.573 e. The molecule has 0 aliphatic carbocycles. The summed E-state index contributed by atoms with van der Waals surface area (Å²) < 4.78 is 42.5. The van der Waals surface area contributed by atoms with E-state index in [2.05, 4.69) is 25.1 Å². The van der Waals surface area contributed by atoms with E-state index in [0.717, 1.165) is 27.9 Å². The second kappa shape index (κ2) is 12.7. The summed E-state index contributed by atoms with van der Waals surface area (Å²) in [6.45, 7) is 4.28. The van der Waals surface area contributed by atoms with Crippen molar-refractivity contribution in [3.63, 3.8) is 0 Å². The summed E-state index contributed by atoms with van der Waals surface area (Å²) in [6, 6.07) is 18.3. The molecule has 1 aromatic heterocycles. The molecule has 3 amide bonds. The second-order valence-electron chi connectivity index (χ2n) is 9.79. The number of carbonyl (C=O) groups is 2. The SMILES string of the molecule is Cc1ccc(C)c(N2C(=O)CS/C2=N\C(=O)NCCCc2ccc(-c3ncn(-c4ccc(OC(F)(F)F)cc4)n3)cc2)c1. The van der Waals surface area contributed by atoms with Gasteiger partial charge in [0.15, 0.2) is 11.0 Å². The molecule has 1 aliphatic heterocycles. The van der Waals surface area contributed by atoms with Gasteiger partial charge in [0, 0.05) is 12.1 Å². The lowest BCUT2D eigenvalue weighted by Crippen LogP contribution is -2.32. The molecule has 3 aromatic carbocycles. The number of aromatic nitrogens is 3. The predicted molar refractivity (Wildman–Crippen MR) is 158 cm³/mol. The molecule has 0 bridgehead atoms. The highest BCUT2D eigenvalue weighted by molar-refractivity contribution is 8.15. The van der Waals surface area contributed by atoms with Crippen molar-refractivity contribution in [3.05, 3.63) is 89.7 Å². The zero-order valence-electron chi connectivity index (χ0n) is 23.3. The van der Waals surface area contributed by atoms with Crippen molar-refractivity contribution in [2.24, 2.45) is 4.99 Å². The van der Waals surface area contributed by atoms with Crippen molar-refractivity contribution < 1.29 is 27.5 Å². The number of rotatable bonds is 8. The molecule has 1 aliphatic rings. The van der Waals surface area contributed by atoms with E-state index in [1.165, 1.54) is 51.9 Å². The lowest BCUT2D eigenvalue weighted by Gasteiger charge is -2.19. The zero-order valence-corrected chi connectivity index (χ0v) is 24.1. The minimum absolute atomic E-state index is 0.107. The molecule has 1 fully saturated rings. The van der Waals surface area contributed by atoms with Crippen molar-refractivity contribution >= 4 is 34.6 Å². The molecule has 0 atom stereocenters. The van der Waals surface area contributed by atoms with Crippen LogP contribution in [0.1, 0.15) is 23.1 Å². The third-order valence-electron chi connectivity index (χ3n) is 6.53. The first-order valence-corrected chi connectivity index (χ1v) is 14.3. The molecule has 0 radical (unpaired) electrons. The fourth-order valence-corrected chi connectivity index (χ4v) is 5.26. The normalized spacial score (nSPS) is 14.4. The molecule has 13 heteroatoms. The van der Waals surface area contributed by atoms with Gasteiger partial charge >= 0.3 is 12.4 Å². The number of aliphatic imine (C=N–C) groups is 1. The number of nitrogens with zero attached hydrogens (tertiary/aromatic N) is 5. The molecule has 1 saturated heterocycles. The van der Waals surface area contributed by atoms with Crippen molar-refractivity contribution in [3.8, 4) is 22.8 Å². The van der Waals surface area contributed by atoms with Crippen LogP contribution >= 0.6 is 11.8 Å². The van der Waals surface area contributed by atoms with E-state index in [0.29, 0.717) is 36.1 Å². The van der Waals surface area contributed by atoms with E-state index < -0.39 is 12.4 Å². The molecule has 9 nitrogen and oxygen atoms in total. The summed E-state index contributed by atoms with van der Waals surface area (Å²) in [4.78, 5) is 35.0. The average molecular weight is 609 g/mol. The molecule has 1 N–H and O–H groups in total. The molecule has 0 unspecified atom stereocenters. The van der Waals surface area contributed by atoms with Crippen LogP contribution < -0.4 is 15.0 Å². The third kappa shape index (κ3) is 7.60. The quantitative estimate of drug-likeness (QED) is 0.238. The van der Waals surface area contributed by atoms with Gasteiger partial charge in [-0.05, 0) is 73.7 Å². The molecule has 0 spiro atoms. The number of anilines is 1. The highest BCUT2D eigenvalue weighted by atomic mass is 32.2. The number of ether oxygens (including phenoxy) is 1. The lowest BCUT2D eigenvalue weighted by molar-refractivity contribution is -0.274. The largest absolute Gasteiger partial charge is 0.573 e. The first-order valence-electron chi connectivity index (χ1n) is 13.3. The van der Waals surface area contributed by atoms with Gasteiger partial charge in [-0.25, -0.2) is 14.5 Å². The standard InChI is InChI=1S/C30H27F3N6O3S/c1-19-5-6-20(2)25(16-19)39-26(40)17-43-29(39)36-28(41)34-15-3-4-21-7-9-22(10-8-21)27-35-18-38(37-27)23-11-13-24(14-12-23)42-30(31,32)33/h5-14,16,18H,3-4,15,17H2,1-2H3,(H,34,41)/b36-29-. The van der Waals surface area contributed by atoms with Gasteiger partial charge in [0.05, 0.1) is 17.1 Å². The van der Waals surface area contributed by atoms with Crippen LogP contribution in [0.25, 0.3) is 17.1 Å². The number of halogens is 3. The van der Waals surface area contributed by atoms with E-state index in [1.807, 2.05) is 56.3 Å². The fourth-order valence-electron chi connectivity index (χ4n) is 4.40. The Morgan fingerprint density at radius 2 is 1.81 bits per heavy atom. The minimum atomic E-state index is -4.75. The molecule has 4 aromatic rings. The highest BCUT2D eigenvalue weighted by Gasteiger charge is 2.32. The molecule has 0 saturated carbocycles. The van der Waals surface area contributed by atoms with Gasteiger partial charge in [0.25, 0.3) is 0 Å². The van der Waals surface area contributed by atoms with Crippen molar-refractivity contribution in [2.45, 2.75) is 33.1 Å². The van der Waals surface area contributed by atoms with Gasteiger partial charge in [-0.15, -0.1) is 18.3 Å². The van der Waals surface area contributed by atoms with Gasteiger partial charge in [-0.3, -0.25) is 9.69 Å². The van der Waals surface area contributed by atoms with Crippen LogP contribution in [0.15, 0.2) is 78.0 Å². The fraction of sp³-hybridized carbons (Fsp3) is 0.233. The zero-order chi connectivity index (χ0) is 30.6. The lowest BCUT2D eigenvalue weighted by atomic mass is 10.1. The Balaban J connectivity index is 1.12. The molecular weight excluding hydrogens is 581 g/mol. The summed E-state index contributed by atoms with van der Waals surface area (Å²) in [5, 5.41) is 7.59. The van der Waals surface area contributed by atoms with Gasteiger partial charge in [0.1, 0.15) is 12.1 Å². The van der Waals surface area contributed by atoms with E-state index in [4.69, 9.17) is 0 Å². The van der Waals surface area contributed by atoms with Crippen molar-refractivity contribution in [2.75, 3.05) is 17.2 Å². The molecule has 222 valence electrons. The summed E-state index contributed by atoms with van der Waals surface area (Å²) in [5.74, 6) is 0.277. The third-order valence-corrected chi connectivity index (χ3v) is 7.45. The maximum atomic E-state index is 12.5. The van der Waals surface area contributed by atoms with Crippen molar-refractivity contribution in [1.29, 1.82) is 0 Å². The maximum absolute atomic E-state index is 12.5.